The maximum atomic E-state index is 14.3. The van der Waals surface area contributed by atoms with Crippen molar-refractivity contribution in [2.24, 2.45) is 0 Å². The van der Waals surface area contributed by atoms with E-state index in [9.17, 15) is 40.2 Å². The summed E-state index contributed by atoms with van der Waals surface area (Å²) in [5.41, 5.74) is 1.07. The maximum Gasteiger partial charge on any atom is 0.269 e. The Hall–Kier alpha value is -7.60. The molecule has 0 spiro atoms. The highest BCUT2D eigenvalue weighted by Crippen LogP contribution is 2.45. The van der Waals surface area contributed by atoms with Crippen molar-refractivity contribution in [3.05, 3.63) is 129 Å². The molecule has 0 radical (unpaired) electrons. The third-order valence-electron chi connectivity index (χ3n) is 7.93. The van der Waals surface area contributed by atoms with Crippen molar-refractivity contribution in [3.63, 3.8) is 0 Å². The molecule has 0 aromatic heterocycles. The van der Waals surface area contributed by atoms with Crippen molar-refractivity contribution in [1.29, 1.82) is 21.0 Å². The summed E-state index contributed by atoms with van der Waals surface area (Å²) in [5, 5.41) is 37.5. The summed E-state index contributed by atoms with van der Waals surface area (Å²) in [6.07, 6.45) is 0. The number of carbonyl (C=O) groups excluding carboxylic acids is 4. The van der Waals surface area contributed by atoms with Crippen molar-refractivity contribution in [1.82, 2.24) is 0 Å². The van der Waals surface area contributed by atoms with E-state index in [1.807, 2.05) is 24.3 Å². The summed E-state index contributed by atoms with van der Waals surface area (Å²) >= 11 is 0. The number of amides is 4. The second kappa shape index (κ2) is 10.5. The molecule has 0 unspecified atom stereocenters. The summed E-state index contributed by atoms with van der Waals surface area (Å²) in [5.74, 6) is -3.06. The molecule has 11 nitrogen and oxygen atoms in total. The van der Waals surface area contributed by atoms with Crippen LogP contribution >= 0.6 is 0 Å². The second-order valence-corrected chi connectivity index (χ2v) is 10.4. The van der Waals surface area contributed by atoms with E-state index < -0.39 is 23.6 Å². The van der Waals surface area contributed by atoms with Crippen molar-refractivity contribution < 1.29 is 23.9 Å². The van der Waals surface area contributed by atoms with Gasteiger partial charge in [-0.15, -0.1) is 0 Å². The van der Waals surface area contributed by atoms with Crippen LogP contribution < -0.4 is 14.5 Å². The number of ether oxygens (including phenoxy) is 1. The fourth-order valence-electron chi connectivity index (χ4n) is 5.76. The largest absolute Gasteiger partial charge is 0.456 e. The van der Waals surface area contributed by atoms with Crippen LogP contribution in [0.2, 0.25) is 0 Å². The monoisotopic (exact) mass is 610 g/mol. The van der Waals surface area contributed by atoms with E-state index in [1.54, 1.807) is 0 Å². The zero-order valence-electron chi connectivity index (χ0n) is 23.8. The van der Waals surface area contributed by atoms with E-state index in [0.29, 0.717) is 11.1 Å². The van der Waals surface area contributed by atoms with Gasteiger partial charge in [-0.05, 0) is 84.9 Å². The van der Waals surface area contributed by atoms with Crippen molar-refractivity contribution >= 4 is 45.8 Å². The molecule has 0 saturated heterocycles. The molecule has 2 heterocycles. The Labute approximate surface area is 265 Å². The molecule has 0 saturated carbocycles. The van der Waals surface area contributed by atoms with E-state index in [1.165, 1.54) is 84.9 Å². The molecule has 0 fully saturated rings. The summed E-state index contributed by atoms with van der Waals surface area (Å²) in [6, 6.07) is 27.7. The summed E-state index contributed by atoms with van der Waals surface area (Å²) in [6.45, 7) is 0. The van der Waals surface area contributed by atoms with E-state index in [2.05, 4.69) is 0 Å². The first-order chi connectivity index (χ1) is 22.8. The standard InChI is InChI=1S/C36H14N6O5/c37-15-19-1-6-23(7-2-19)41-33(43)26-11-12-27-31-30(26)28(35(41)45)14-29(47-25-10-5-21(17-39)22(13-25)18-40)32(31)36(46)42(34(27)44)24-8-3-20(16-38)4-9-24/h1-14H. The van der Waals surface area contributed by atoms with Gasteiger partial charge in [0.15, 0.2) is 0 Å². The molecule has 0 aliphatic carbocycles. The molecule has 0 bridgehead atoms. The lowest BCUT2D eigenvalue weighted by molar-refractivity contribution is 0.0871. The molecule has 4 amide bonds. The van der Waals surface area contributed by atoms with Crippen molar-refractivity contribution in [2.75, 3.05) is 9.80 Å². The zero-order valence-corrected chi connectivity index (χ0v) is 23.8. The molecule has 0 atom stereocenters. The van der Waals surface area contributed by atoms with Gasteiger partial charge in [0.25, 0.3) is 23.6 Å². The van der Waals surface area contributed by atoms with Gasteiger partial charge < -0.3 is 4.74 Å². The van der Waals surface area contributed by atoms with Crippen LogP contribution in [0.25, 0.3) is 10.8 Å². The molecule has 47 heavy (non-hydrogen) atoms. The Balaban J connectivity index is 1.48. The molecule has 5 aromatic rings. The van der Waals surface area contributed by atoms with Crippen LogP contribution in [0, 0.1) is 45.3 Å². The Morgan fingerprint density at radius 1 is 0.489 bits per heavy atom. The smallest absolute Gasteiger partial charge is 0.269 e. The predicted molar refractivity (Wildman–Crippen MR) is 164 cm³/mol. The Kier molecular flexibility index (Phi) is 6.32. The first-order valence-corrected chi connectivity index (χ1v) is 13.8. The number of anilines is 2. The Morgan fingerprint density at radius 2 is 1.00 bits per heavy atom. The van der Waals surface area contributed by atoms with E-state index >= 15 is 0 Å². The van der Waals surface area contributed by atoms with Gasteiger partial charge in [-0.3, -0.25) is 19.2 Å². The lowest BCUT2D eigenvalue weighted by Gasteiger charge is -2.33. The predicted octanol–water partition coefficient (Wildman–Crippen LogP) is 5.72. The highest BCUT2D eigenvalue weighted by atomic mass is 16.5. The van der Waals surface area contributed by atoms with E-state index in [0.717, 1.165) is 9.80 Å². The topological polar surface area (TPSA) is 179 Å². The first-order valence-electron chi connectivity index (χ1n) is 13.8. The lowest BCUT2D eigenvalue weighted by atomic mass is 9.85. The average molecular weight is 611 g/mol. The molecule has 2 aliphatic heterocycles. The molecule has 5 aromatic carbocycles. The number of carbonyl (C=O) groups is 4. The van der Waals surface area contributed by atoms with Crippen LogP contribution in [0.15, 0.2) is 84.9 Å². The lowest BCUT2D eigenvalue weighted by Crippen LogP contribution is -2.43. The number of hydrogen-bond donors (Lipinski definition) is 0. The van der Waals surface area contributed by atoms with Gasteiger partial charge in [0.2, 0.25) is 0 Å². The summed E-state index contributed by atoms with van der Waals surface area (Å²) in [4.78, 5) is 58.1. The fourth-order valence-corrected chi connectivity index (χ4v) is 5.76. The first kappa shape index (κ1) is 28.2. The van der Waals surface area contributed by atoms with Gasteiger partial charge in [-0.2, -0.15) is 21.0 Å². The van der Waals surface area contributed by atoms with Gasteiger partial charge in [0, 0.05) is 21.9 Å². The molecule has 0 N–H and O–H groups in total. The Morgan fingerprint density at radius 3 is 1.53 bits per heavy atom. The third kappa shape index (κ3) is 4.17. The molecule has 2 aliphatic rings. The van der Waals surface area contributed by atoms with Crippen LogP contribution in [-0.4, -0.2) is 23.6 Å². The molecule has 11 heteroatoms. The number of imide groups is 2. The van der Waals surface area contributed by atoms with Gasteiger partial charge in [-0.1, -0.05) is 0 Å². The maximum absolute atomic E-state index is 14.3. The number of nitrogens with zero attached hydrogens (tertiary/aromatic N) is 6. The van der Waals surface area contributed by atoms with Crippen LogP contribution in [0.1, 0.15) is 63.7 Å². The van der Waals surface area contributed by atoms with Gasteiger partial charge >= 0.3 is 0 Å². The molecular weight excluding hydrogens is 596 g/mol. The summed E-state index contributed by atoms with van der Waals surface area (Å²) < 4.78 is 6.16. The minimum Gasteiger partial charge on any atom is -0.456 e. The Bertz CT molecular complexity index is 2460. The van der Waals surface area contributed by atoms with E-state index in [4.69, 9.17) is 4.74 Å². The van der Waals surface area contributed by atoms with Crippen LogP contribution in [0.5, 0.6) is 11.5 Å². The number of benzene rings is 5. The van der Waals surface area contributed by atoms with Crippen LogP contribution in [0.3, 0.4) is 0 Å². The minimum atomic E-state index is -0.811. The third-order valence-corrected chi connectivity index (χ3v) is 7.93. The minimum absolute atomic E-state index is 0.0122. The number of hydrogen-bond acceptors (Lipinski definition) is 9. The highest BCUT2D eigenvalue weighted by molar-refractivity contribution is 6.42. The van der Waals surface area contributed by atoms with Gasteiger partial charge in [-0.25, -0.2) is 9.80 Å². The second-order valence-electron chi connectivity index (χ2n) is 10.4. The zero-order chi connectivity index (χ0) is 33.0. The van der Waals surface area contributed by atoms with Crippen molar-refractivity contribution in [3.8, 4) is 35.8 Å². The SMILES string of the molecule is N#Cc1ccc(N2C(=O)c3ccc4c5c(c(Oc6ccc(C#N)c(C#N)c6)cc(c35)C2=O)C(=O)N(c2ccc(C#N)cc2)C4=O)cc1. The van der Waals surface area contributed by atoms with Gasteiger partial charge in [0.05, 0.1) is 56.9 Å². The number of nitriles is 4. The summed E-state index contributed by atoms with van der Waals surface area (Å²) in [7, 11) is 0. The van der Waals surface area contributed by atoms with E-state index in [-0.39, 0.29) is 67.0 Å². The highest BCUT2D eigenvalue weighted by Gasteiger charge is 2.43. The average Bonchev–Trinajstić information content (AvgIpc) is 3.10. The molecular formula is C36H14N6O5. The van der Waals surface area contributed by atoms with Crippen molar-refractivity contribution in [2.45, 2.75) is 0 Å². The normalized spacial score (nSPS) is 13.1. The quantitative estimate of drug-likeness (QED) is 0.230. The molecule has 218 valence electrons. The molecule has 7 rings (SSSR count). The van der Waals surface area contributed by atoms with Crippen LogP contribution in [0.4, 0.5) is 11.4 Å². The van der Waals surface area contributed by atoms with Crippen LogP contribution in [-0.2, 0) is 0 Å². The fraction of sp³-hybridized carbons (Fsp3) is 0. The van der Waals surface area contributed by atoms with Gasteiger partial charge in [0.1, 0.15) is 23.6 Å². The number of rotatable bonds is 4.